The van der Waals surface area contributed by atoms with Crippen LogP contribution in [-0.2, 0) is 6.18 Å². The van der Waals surface area contributed by atoms with Gasteiger partial charge in [0.05, 0.1) is 11.0 Å². The molecule has 1 aromatic heterocycles. The van der Waals surface area contributed by atoms with E-state index in [1.807, 2.05) is 0 Å². The van der Waals surface area contributed by atoms with Crippen LogP contribution < -0.4 is 11.1 Å². The smallest absolute Gasteiger partial charge is 0.349 e. The molecule has 3 N–H and O–H groups in total. The summed E-state index contributed by atoms with van der Waals surface area (Å²) in [5, 5.41) is 2.94. The molecule has 28 heavy (non-hydrogen) atoms. The summed E-state index contributed by atoms with van der Waals surface area (Å²) in [4.78, 5) is 16.2. The maximum Gasteiger partial charge on any atom is 0.449 e. The number of benzene rings is 1. The SMILES string of the molecule is CC(C)n1c(C(F)(F)F)nc2cc(C(=O)NC3CCC(N)CC3)ccc21.Cl.Cl. The highest BCUT2D eigenvalue weighted by molar-refractivity contribution is 5.97. The molecule has 1 aliphatic rings. The predicted molar refractivity (Wildman–Crippen MR) is 107 cm³/mol. The molecular formula is C18H25Cl2F3N4O. The molecular weight excluding hydrogens is 416 g/mol. The van der Waals surface area contributed by atoms with E-state index in [0.717, 1.165) is 30.3 Å². The van der Waals surface area contributed by atoms with Crippen LogP contribution in [-0.4, -0.2) is 27.5 Å². The Morgan fingerprint density at radius 3 is 2.36 bits per heavy atom. The molecule has 0 unspecified atom stereocenters. The number of rotatable bonds is 3. The Hall–Kier alpha value is -1.51. The van der Waals surface area contributed by atoms with Crippen molar-refractivity contribution in [3.05, 3.63) is 29.6 Å². The number of fused-ring (bicyclic) bond motifs is 1. The van der Waals surface area contributed by atoms with Crippen molar-refractivity contribution in [1.82, 2.24) is 14.9 Å². The van der Waals surface area contributed by atoms with Gasteiger partial charge in [0.2, 0.25) is 5.82 Å². The lowest BCUT2D eigenvalue weighted by Crippen LogP contribution is -2.40. The Morgan fingerprint density at radius 2 is 1.82 bits per heavy atom. The number of hydrogen-bond donors (Lipinski definition) is 2. The monoisotopic (exact) mass is 440 g/mol. The molecule has 0 saturated heterocycles. The van der Waals surface area contributed by atoms with E-state index in [0.29, 0.717) is 11.1 Å². The molecule has 0 aliphatic heterocycles. The van der Waals surface area contributed by atoms with Gasteiger partial charge in [0, 0.05) is 23.7 Å². The average molecular weight is 441 g/mol. The standard InChI is InChI=1S/C18H23F3N4O.2ClH/c1-10(2)25-15-8-3-11(9-14(15)24-17(25)18(19,20)21)16(26)23-13-6-4-12(22)5-7-13;;/h3,8-10,12-13H,4-7,22H2,1-2H3,(H,23,26);2*1H. The first-order chi connectivity index (χ1) is 12.2. The van der Waals surface area contributed by atoms with Gasteiger partial charge in [0.15, 0.2) is 0 Å². The lowest BCUT2D eigenvalue weighted by atomic mass is 9.91. The Kier molecular flexibility index (Phi) is 8.17. The van der Waals surface area contributed by atoms with E-state index in [4.69, 9.17) is 5.73 Å². The molecule has 0 atom stereocenters. The van der Waals surface area contributed by atoms with Crippen molar-refractivity contribution in [3.8, 4) is 0 Å². The highest BCUT2D eigenvalue weighted by atomic mass is 35.5. The first-order valence-electron chi connectivity index (χ1n) is 8.82. The summed E-state index contributed by atoms with van der Waals surface area (Å²) in [6.07, 6.45) is -1.20. The number of carbonyl (C=O) groups is 1. The lowest BCUT2D eigenvalue weighted by molar-refractivity contribution is -0.147. The fourth-order valence-electron chi connectivity index (χ4n) is 3.49. The largest absolute Gasteiger partial charge is 0.449 e. The maximum absolute atomic E-state index is 13.3. The number of hydrogen-bond acceptors (Lipinski definition) is 3. The Morgan fingerprint density at radius 1 is 1.21 bits per heavy atom. The Bertz CT molecular complexity index is 815. The number of halogens is 5. The van der Waals surface area contributed by atoms with Gasteiger partial charge in [0.25, 0.3) is 5.91 Å². The summed E-state index contributed by atoms with van der Waals surface area (Å²) in [5.74, 6) is -1.23. The zero-order chi connectivity index (χ0) is 19.1. The van der Waals surface area contributed by atoms with Crippen LogP contribution in [0.1, 0.15) is 61.8 Å². The van der Waals surface area contributed by atoms with Crippen molar-refractivity contribution in [2.75, 3.05) is 0 Å². The lowest BCUT2D eigenvalue weighted by Gasteiger charge is -2.26. The number of imidazole rings is 1. The summed E-state index contributed by atoms with van der Waals surface area (Å²) in [6.45, 7) is 3.34. The van der Waals surface area contributed by atoms with Crippen LogP contribution in [0.2, 0.25) is 0 Å². The molecule has 0 radical (unpaired) electrons. The van der Waals surface area contributed by atoms with Crippen LogP contribution in [0, 0.1) is 0 Å². The molecule has 0 spiro atoms. The van der Waals surface area contributed by atoms with E-state index in [9.17, 15) is 18.0 Å². The number of nitrogens with one attached hydrogen (secondary N) is 1. The van der Waals surface area contributed by atoms with Crippen molar-refractivity contribution < 1.29 is 18.0 Å². The minimum atomic E-state index is -4.55. The number of carbonyl (C=O) groups excluding carboxylic acids is 1. The number of aromatic nitrogens is 2. The van der Waals surface area contributed by atoms with E-state index >= 15 is 0 Å². The van der Waals surface area contributed by atoms with Gasteiger partial charge in [-0.3, -0.25) is 4.79 Å². The van der Waals surface area contributed by atoms with Crippen LogP contribution in [0.25, 0.3) is 11.0 Å². The molecule has 158 valence electrons. The van der Waals surface area contributed by atoms with Gasteiger partial charge in [0.1, 0.15) is 0 Å². The van der Waals surface area contributed by atoms with Gasteiger partial charge in [-0.25, -0.2) is 4.98 Å². The number of nitrogens with two attached hydrogens (primary N) is 1. The van der Waals surface area contributed by atoms with Crippen LogP contribution in [0.4, 0.5) is 13.2 Å². The quantitative estimate of drug-likeness (QED) is 0.738. The molecule has 1 fully saturated rings. The van der Waals surface area contributed by atoms with Crippen molar-refractivity contribution in [3.63, 3.8) is 0 Å². The Labute approximate surface area is 174 Å². The minimum absolute atomic E-state index is 0. The molecule has 3 rings (SSSR count). The summed E-state index contributed by atoms with van der Waals surface area (Å²) < 4.78 is 41.0. The zero-order valence-corrected chi connectivity index (χ0v) is 17.3. The van der Waals surface area contributed by atoms with E-state index in [1.165, 1.54) is 12.1 Å². The van der Waals surface area contributed by atoms with Crippen molar-refractivity contribution in [2.45, 2.75) is 63.8 Å². The number of amides is 1. The first-order valence-corrected chi connectivity index (χ1v) is 8.82. The van der Waals surface area contributed by atoms with Gasteiger partial charge in [-0.05, 0) is 57.7 Å². The van der Waals surface area contributed by atoms with Crippen molar-refractivity contribution in [2.24, 2.45) is 5.73 Å². The molecule has 10 heteroatoms. The Balaban J connectivity index is 0.00000196. The molecule has 1 amide bonds. The van der Waals surface area contributed by atoms with Crippen LogP contribution in [0.15, 0.2) is 18.2 Å². The second-order valence-electron chi connectivity index (χ2n) is 7.19. The first kappa shape index (κ1) is 24.5. The second-order valence-corrected chi connectivity index (χ2v) is 7.19. The molecule has 2 aromatic rings. The van der Waals surface area contributed by atoms with E-state index in [2.05, 4.69) is 10.3 Å². The third-order valence-electron chi connectivity index (χ3n) is 4.83. The normalized spacial score (nSPS) is 19.8. The molecule has 1 heterocycles. The van der Waals surface area contributed by atoms with E-state index in [-0.39, 0.29) is 48.3 Å². The van der Waals surface area contributed by atoms with Crippen LogP contribution >= 0.6 is 24.8 Å². The van der Waals surface area contributed by atoms with Gasteiger partial charge in [-0.2, -0.15) is 13.2 Å². The summed E-state index contributed by atoms with van der Waals surface area (Å²) >= 11 is 0. The van der Waals surface area contributed by atoms with Gasteiger partial charge < -0.3 is 15.6 Å². The zero-order valence-electron chi connectivity index (χ0n) is 15.6. The maximum atomic E-state index is 13.3. The second kappa shape index (κ2) is 9.33. The molecule has 5 nitrogen and oxygen atoms in total. The van der Waals surface area contributed by atoms with Gasteiger partial charge >= 0.3 is 6.18 Å². The number of alkyl halides is 3. The topological polar surface area (TPSA) is 72.9 Å². The summed E-state index contributed by atoms with van der Waals surface area (Å²) in [7, 11) is 0. The molecule has 1 saturated carbocycles. The highest BCUT2D eigenvalue weighted by Crippen LogP contribution is 2.34. The van der Waals surface area contributed by atoms with Crippen LogP contribution in [0.5, 0.6) is 0 Å². The van der Waals surface area contributed by atoms with E-state index in [1.54, 1.807) is 19.9 Å². The molecule has 0 bridgehead atoms. The fraction of sp³-hybridized carbons (Fsp3) is 0.556. The third kappa shape index (κ3) is 5.10. The summed E-state index contributed by atoms with van der Waals surface area (Å²) in [6, 6.07) is 4.34. The van der Waals surface area contributed by atoms with E-state index < -0.39 is 18.0 Å². The predicted octanol–water partition coefficient (Wildman–Crippen LogP) is 4.48. The highest BCUT2D eigenvalue weighted by Gasteiger charge is 2.38. The van der Waals surface area contributed by atoms with Gasteiger partial charge in [-0.1, -0.05) is 0 Å². The van der Waals surface area contributed by atoms with Crippen molar-refractivity contribution in [1.29, 1.82) is 0 Å². The van der Waals surface area contributed by atoms with Crippen molar-refractivity contribution >= 4 is 41.8 Å². The van der Waals surface area contributed by atoms with Gasteiger partial charge in [-0.15, -0.1) is 24.8 Å². The minimum Gasteiger partial charge on any atom is -0.349 e. The molecule has 1 aliphatic carbocycles. The average Bonchev–Trinajstić information content (AvgIpc) is 2.96. The van der Waals surface area contributed by atoms with Crippen LogP contribution in [0.3, 0.4) is 0 Å². The number of nitrogens with zero attached hydrogens (tertiary/aromatic N) is 2. The fourth-order valence-corrected chi connectivity index (χ4v) is 3.49. The third-order valence-corrected chi connectivity index (χ3v) is 4.83. The molecule has 1 aromatic carbocycles. The summed E-state index contributed by atoms with van der Waals surface area (Å²) in [5.41, 5.74) is 6.71.